The lowest BCUT2D eigenvalue weighted by Gasteiger charge is -2.23. The highest BCUT2D eigenvalue weighted by Gasteiger charge is 2.21. The molecule has 0 aromatic heterocycles. The van der Waals surface area contributed by atoms with E-state index >= 15 is 0 Å². The first kappa shape index (κ1) is 20.1. The smallest absolute Gasteiger partial charge is 0.244 e. The van der Waals surface area contributed by atoms with Gasteiger partial charge in [-0.25, -0.2) is 0 Å². The van der Waals surface area contributed by atoms with Crippen LogP contribution in [0.1, 0.15) is 18.1 Å². The predicted octanol–water partition coefficient (Wildman–Crippen LogP) is 3.54. The third kappa shape index (κ3) is 6.58. The van der Waals surface area contributed by atoms with E-state index in [1.807, 2.05) is 54.8 Å². The van der Waals surface area contributed by atoms with E-state index < -0.39 is 5.60 Å². The molecule has 26 heavy (non-hydrogen) atoms. The number of thioether (sulfide) groups is 1. The number of ether oxygens (including phenoxy) is 1. The van der Waals surface area contributed by atoms with Gasteiger partial charge in [0.25, 0.3) is 0 Å². The highest BCUT2D eigenvalue weighted by atomic mass is 32.2. The van der Waals surface area contributed by atoms with Gasteiger partial charge in [0.05, 0.1) is 12.7 Å². The summed E-state index contributed by atoms with van der Waals surface area (Å²) >= 11 is 1.68. The van der Waals surface area contributed by atoms with Gasteiger partial charge in [0.15, 0.2) is 0 Å². The van der Waals surface area contributed by atoms with Gasteiger partial charge < -0.3 is 15.2 Å². The van der Waals surface area contributed by atoms with Crippen LogP contribution in [0.5, 0.6) is 5.75 Å². The Morgan fingerprint density at radius 3 is 2.42 bits per heavy atom. The van der Waals surface area contributed by atoms with Crippen LogP contribution in [0.25, 0.3) is 6.08 Å². The minimum atomic E-state index is -1.03. The molecule has 0 spiro atoms. The third-order valence-electron chi connectivity index (χ3n) is 3.93. The molecule has 2 aromatic carbocycles. The fourth-order valence-corrected chi connectivity index (χ4v) is 2.88. The molecule has 4 nitrogen and oxygen atoms in total. The molecule has 0 saturated carbocycles. The second kappa shape index (κ2) is 9.46. The van der Waals surface area contributed by atoms with Crippen LogP contribution in [0.4, 0.5) is 0 Å². The maximum absolute atomic E-state index is 12.0. The lowest BCUT2D eigenvalue weighted by molar-refractivity contribution is -0.117. The second-order valence-electron chi connectivity index (χ2n) is 6.35. The number of aliphatic hydroxyl groups is 1. The lowest BCUT2D eigenvalue weighted by Crippen LogP contribution is -2.41. The van der Waals surface area contributed by atoms with E-state index in [0.29, 0.717) is 6.42 Å². The highest BCUT2D eigenvalue weighted by Crippen LogP contribution is 2.17. The fourth-order valence-electron chi connectivity index (χ4n) is 2.47. The molecular weight excluding hydrogens is 346 g/mol. The standard InChI is InChI=1S/C21H25NO3S/c1-21(24,14-17-4-9-18(25-2)10-5-17)15-22-20(23)13-8-16-6-11-19(26-3)12-7-16/h4-13,24H,14-15H2,1-3H3,(H,22,23)/b13-8+/t21-/m1/s1. The summed E-state index contributed by atoms with van der Waals surface area (Å²) in [5.74, 6) is 0.548. The van der Waals surface area contributed by atoms with Crippen LogP contribution in [-0.2, 0) is 11.2 Å². The molecule has 2 N–H and O–H groups in total. The van der Waals surface area contributed by atoms with Crippen molar-refractivity contribution in [2.24, 2.45) is 0 Å². The number of rotatable bonds is 8. The van der Waals surface area contributed by atoms with Gasteiger partial charge in [-0.3, -0.25) is 4.79 Å². The summed E-state index contributed by atoms with van der Waals surface area (Å²) in [5.41, 5.74) is 0.912. The first-order chi connectivity index (χ1) is 12.4. The van der Waals surface area contributed by atoms with Crippen molar-refractivity contribution in [3.8, 4) is 5.75 Å². The van der Waals surface area contributed by atoms with Crippen molar-refractivity contribution in [2.75, 3.05) is 19.9 Å². The van der Waals surface area contributed by atoms with Gasteiger partial charge in [0.2, 0.25) is 5.91 Å². The fraction of sp³-hybridized carbons (Fsp3) is 0.286. The second-order valence-corrected chi connectivity index (χ2v) is 7.23. The molecule has 0 radical (unpaired) electrons. The van der Waals surface area contributed by atoms with E-state index in [0.717, 1.165) is 16.9 Å². The number of hydrogen-bond donors (Lipinski definition) is 2. The van der Waals surface area contributed by atoms with Crippen molar-refractivity contribution >= 4 is 23.7 Å². The van der Waals surface area contributed by atoms with E-state index in [2.05, 4.69) is 5.32 Å². The van der Waals surface area contributed by atoms with E-state index in [9.17, 15) is 9.90 Å². The average molecular weight is 372 g/mol. The average Bonchev–Trinajstić information content (AvgIpc) is 2.65. The summed E-state index contributed by atoms with van der Waals surface area (Å²) < 4.78 is 5.13. The SMILES string of the molecule is COc1ccc(C[C@@](C)(O)CNC(=O)/C=C/c2ccc(SC)cc2)cc1. The third-order valence-corrected chi connectivity index (χ3v) is 4.67. The van der Waals surface area contributed by atoms with E-state index in [1.165, 1.54) is 11.0 Å². The summed E-state index contributed by atoms with van der Waals surface area (Å²) in [7, 11) is 1.62. The van der Waals surface area contributed by atoms with Gasteiger partial charge in [-0.1, -0.05) is 24.3 Å². The zero-order valence-corrected chi connectivity index (χ0v) is 16.2. The minimum absolute atomic E-state index is 0.174. The lowest BCUT2D eigenvalue weighted by atomic mass is 9.96. The molecular formula is C21H25NO3S. The van der Waals surface area contributed by atoms with Crippen LogP contribution in [0.3, 0.4) is 0 Å². The molecule has 0 fully saturated rings. The Morgan fingerprint density at radius 1 is 1.19 bits per heavy atom. The maximum Gasteiger partial charge on any atom is 0.244 e. The van der Waals surface area contributed by atoms with Crippen LogP contribution < -0.4 is 10.1 Å². The summed E-state index contributed by atoms with van der Waals surface area (Å²) in [6.07, 6.45) is 5.71. The Labute approximate surface area is 159 Å². The summed E-state index contributed by atoms with van der Waals surface area (Å²) in [6, 6.07) is 15.5. The number of methoxy groups -OCH3 is 1. The molecule has 2 aromatic rings. The topological polar surface area (TPSA) is 58.6 Å². The number of carbonyl (C=O) groups excluding carboxylic acids is 1. The van der Waals surface area contributed by atoms with Gasteiger partial charge in [-0.2, -0.15) is 0 Å². The zero-order valence-electron chi connectivity index (χ0n) is 15.4. The Hall–Kier alpha value is -2.24. The molecule has 0 heterocycles. The van der Waals surface area contributed by atoms with E-state index in [4.69, 9.17) is 4.74 Å². The molecule has 1 amide bonds. The van der Waals surface area contributed by atoms with Crippen molar-refractivity contribution in [1.29, 1.82) is 0 Å². The maximum atomic E-state index is 12.0. The summed E-state index contributed by atoms with van der Waals surface area (Å²) in [4.78, 5) is 13.2. The Bertz CT molecular complexity index is 737. The van der Waals surface area contributed by atoms with Gasteiger partial charge in [0.1, 0.15) is 5.75 Å². The normalized spacial score (nSPS) is 13.4. The monoisotopic (exact) mass is 371 g/mol. The number of amides is 1. The summed E-state index contributed by atoms with van der Waals surface area (Å²) in [5, 5.41) is 13.3. The van der Waals surface area contributed by atoms with Crippen LogP contribution in [0, 0.1) is 0 Å². The Kier molecular flexibility index (Phi) is 7.30. The molecule has 0 saturated heterocycles. The Morgan fingerprint density at radius 2 is 1.85 bits per heavy atom. The van der Waals surface area contributed by atoms with Crippen molar-refractivity contribution < 1.29 is 14.6 Å². The number of nitrogens with one attached hydrogen (secondary N) is 1. The van der Waals surface area contributed by atoms with Crippen molar-refractivity contribution in [2.45, 2.75) is 23.8 Å². The molecule has 1 atom stereocenters. The number of carbonyl (C=O) groups is 1. The molecule has 0 aliphatic heterocycles. The molecule has 0 aliphatic rings. The molecule has 5 heteroatoms. The van der Waals surface area contributed by atoms with E-state index in [-0.39, 0.29) is 12.5 Å². The van der Waals surface area contributed by atoms with Gasteiger partial charge in [0, 0.05) is 23.9 Å². The van der Waals surface area contributed by atoms with Crippen molar-refractivity contribution in [3.63, 3.8) is 0 Å². The van der Waals surface area contributed by atoms with Crippen molar-refractivity contribution in [3.05, 3.63) is 65.7 Å². The quantitative estimate of drug-likeness (QED) is 0.550. The number of benzene rings is 2. The van der Waals surface area contributed by atoms with Crippen LogP contribution >= 0.6 is 11.8 Å². The molecule has 0 bridgehead atoms. The molecule has 2 rings (SSSR count). The molecule has 138 valence electrons. The van der Waals surface area contributed by atoms with E-state index in [1.54, 1.807) is 31.9 Å². The van der Waals surface area contributed by atoms with Gasteiger partial charge >= 0.3 is 0 Å². The number of hydrogen-bond acceptors (Lipinski definition) is 4. The largest absolute Gasteiger partial charge is 0.497 e. The van der Waals surface area contributed by atoms with Crippen LogP contribution in [-0.4, -0.2) is 36.5 Å². The summed E-state index contributed by atoms with van der Waals surface area (Å²) in [6.45, 7) is 1.88. The van der Waals surface area contributed by atoms with Crippen LogP contribution in [0.2, 0.25) is 0 Å². The minimum Gasteiger partial charge on any atom is -0.497 e. The first-order valence-electron chi connectivity index (χ1n) is 8.37. The highest BCUT2D eigenvalue weighted by molar-refractivity contribution is 7.98. The Balaban J connectivity index is 1.84. The van der Waals surface area contributed by atoms with Gasteiger partial charge in [-0.15, -0.1) is 11.8 Å². The zero-order chi connectivity index (χ0) is 19.0. The van der Waals surface area contributed by atoms with Gasteiger partial charge in [-0.05, 0) is 54.6 Å². The predicted molar refractivity (Wildman–Crippen MR) is 108 cm³/mol. The molecule has 0 aliphatic carbocycles. The van der Waals surface area contributed by atoms with Crippen LogP contribution in [0.15, 0.2) is 59.5 Å². The van der Waals surface area contributed by atoms with Crippen molar-refractivity contribution in [1.82, 2.24) is 5.32 Å². The molecule has 0 unspecified atom stereocenters. The first-order valence-corrected chi connectivity index (χ1v) is 9.59.